The second-order valence-corrected chi connectivity index (χ2v) is 4.56. The van der Waals surface area contributed by atoms with Gasteiger partial charge in [-0.1, -0.05) is 13.3 Å². The number of anilines is 1. The van der Waals surface area contributed by atoms with Crippen molar-refractivity contribution < 1.29 is 4.79 Å². The van der Waals surface area contributed by atoms with E-state index >= 15 is 0 Å². The largest absolute Gasteiger partial charge is 0.383 e. The number of hydrogen-bond donors (Lipinski definition) is 2. The minimum absolute atomic E-state index is 0.107. The summed E-state index contributed by atoms with van der Waals surface area (Å²) in [6.07, 6.45) is 4.96. The van der Waals surface area contributed by atoms with Gasteiger partial charge in [-0.2, -0.15) is 5.10 Å². The van der Waals surface area contributed by atoms with Crippen molar-refractivity contribution in [1.82, 2.24) is 15.1 Å². The van der Waals surface area contributed by atoms with Crippen LogP contribution in [0.1, 0.15) is 36.5 Å². The third kappa shape index (κ3) is 1.89. The molecule has 1 amide bonds. The van der Waals surface area contributed by atoms with E-state index in [2.05, 4.69) is 17.3 Å². The van der Waals surface area contributed by atoms with Gasteiger partial charge in [0.05, 0.1) is 6.20 Å². The molecule has 16 heavy (non-hydrogen) atoms. The number of aryl methyl sites for hydroxylation is 1. The van der Waals surface area contributed by atoms with Gasteiger partial charge in [-0.15, -0.1) is 0 Å². The third-order valence-corrected chi connectivity index (χ3v) is 3.41. The minimum Gasteiger partial charge on any atom is -0.383 e. The molecular weight excluding hydrogens is 204 g/mol. The van der Waals surface area contributed by atoms with E-state index in [9.17, 15) is 4.79 Å². The van der Waals surface area contributed by atoms with Crippen LogP contribution in [0.3, 0.4) is 0 Å². The number of carbonyl (C=O) groups is 1. The molecule has 1 heterocycles. The summed E-state index contributed by atoms with van der Waals surface area (Å²) >= 11 is 0. The Labute approximate surface area is 95.0 Å². The predicted molar refractivity (Wildman–Crippen MR) is 61.9 cm³/mol. The van der Waals surface area contributed by atoms with Crippen LogP contribution in [-0.2, 0) is 7.05 Å². The van der Waals surface area contributed by atoms with E-state index in [1.54, 1.807) is 7.05 Å². The van der Waals surface area contributed by atoms with Crippen molar-refractivity contribution >= 4 is 11.7 Å². The van der Waals surface area contributed by atoms with E-state index in [-0.39, 0.29) is 11.9 Å². The summed E-state index contributed by atoms with van der Waals surface area (Å²) in [6.45, 7) is 2.17. The highest BCUT2D eigenvalue weighted by atomic mass is 16.1. The number of hydrogen-bond acceptors (Lipinski definition) is 3. The number of nitrogens with zero attached hydrogens (tertiary/aromatic N) is 2. The summed E-state index contributed by atoms with van der Waals surface area (Å²) in [7, 11) is 1.73. The molecule has 1 aliphatic rings. The predicted octanol–water partition coefficient (Wildman–Crippen LogP) is 0.921. The molecule has 0 aromatic carbocycles. The first kappa shape index (κ1) is 11.0. The molecular formula is C11H18N4O. The van der Waals surface area contributed by atoms with E-state index in [1.807, 2.05) is 0 Å². The van der Waals surface area contributed by atoms with Gasteiger partial charge in [0, 0.05) is 13.1 Å². The maximum Gasteiger partial charge on any atom is 0.256 e. The molecule has 0 aliphatic heterocycles. The fourth-order valence-electron chi connectivity index (χ4n) is 2.23. The Bertz CT molecular complexity index is 399. The molecule has 0 radical (unpaired) electrons. The molecule has 2 unspecified atom stereocenters. The molecule has 1 aliphatic carbocycles. The first-order valence-corrected chi connectivity index (χ1v) is 5.68. The highest BCUT2D eigenvalue weighted by molar-refractivity contribution is 5.98. The Morgan fingerprint density at radius 2 is 2.38 bits per heavy atom. The fourth-order valence-corrected chi connectivity index (χ4v) is 2.23. The van der Waals surface area contributed by atoms with Crippen LogP contribution in [0.5, 0.6) is 0 Å². The van der Waals surface area contributed by atoms with Crippen LogP contribution >= 0.6 is 0 Å². The maximum absolute atomic E-state index is 11.9. The number of nitrogen functional groups attached to an aromatic ring is 1. The molecule has 0 saturated heterocycles. The van der Waals surface area contributed by atoms with Gasteiger partial charge in [0.15, 0.2) is 0 Å². The Kier molecular flexibility index (Phi) is 2.85. The van der Waals surface area contributed by atoms with E-state index in [4.69, 9.17) is 5.73 Å². The summed E-state index contributed by atoms with van der Waals surface area (Å²) < 4.78 is 1.51. The van der Waals surface area contributed by atoms with Crippen LogP contribution in [0.4, 0.5) is 5.82 Å². The van der Waals surface area contributed by atoms with Gasteiger partial charge in [-0.25, -0.2) is 0 Å². The van der Waals surface area contributed by atoms with Gasteiger partial charge < -0.3 is 11.1 Å². The van der Waals surface area contributed by atoms with Crippen LogP contribution in [0.2, 0.25) is 0 Å². The number of nitrogens with one attached hydrogen (secondary N) is 1. The topological polar surface area (TPSA) is 72.9 Å². The van der Waals surface area contributed by atoms with E-state index < -0.39 is 0 Å². The van der Waals surface area contributed by atoms with Crippen molar-refractivity contribution in [2.45, 2.75) is 32.2 Å². The van der Waals surface area contributed by atoms with Crippen molar-refractivity contribution in [1.29, 1.82) is 0 Å². The summed E-state index contributed by atoms with van der Waals surface area (Å²) in [5, 5.41) is 6.99. The second-order valence-electron chi connectivity index (χ2n) is 4.56. The lowest BCUT2D eigenvalue weighted by molar-refractivity contribution is 0.0930. The molecule has 2 rings (SSSR count). The monoisotopic (exact) mass is 222 g/mol. The zero-order valence-electron chi connectivity index (χ0n) is 9.73. The van der Waals surface area contributed by atoms with Crippen molar-refractivity contribution in [2.24, 2.45) is 13.0 Å². The molecule has 1 aromatic rings. The van der Waals surface area contributed by atoms with Crippen LogP contribution in [0.25, 0.3) is 0 Å². The number of nitrogens with two attached hydrogens (primary N) is 1. The van der Waals surface area contributed by atoms with Crippen LogP contribution in [0, 0.1) is 5.92 Å². The van der Waals surface area contributed by atoms with E-state index in [1.165, 1.54) is 23.7 Å². The quantitative estimate of drug-likeness (QED) is 0.781. The van der Waals surface area contributed by atoms with E-state index in [0.717, 1.165) is 6.42 Å². The Morgan fingerprint density at radius 3 is 2.88 bits per heavy atom. The first-order valence-electron chi connectivity index (χ1n) is 5.68. The van der Waals surface area contributed by atoms with Crippen LogP contribution in [-0.4, -0.2) is 21.7 Å². The highest BCUT2D eigenvalue weighted by Gasteiger charge is 2.26. The second kappa shape index (κ2) is 4.15. The molecule has 1 saturated carbocycles. The van der Waals surface area contributed by atoms with Crippen LogP contribution in [0.15, 0.2) is 6.20 Å². The normalized spacial score (nSPS) is 24.6. The average molecular weight is 222 g/mol. The molecule has 3 N–H and O–H groups in total. The van der Waals surface area contributed by atoms with E-state index in [0.29, 0.717) is 17.3 Å². The zero-order chi connectivity index (χ0) is 11.7. The summed E-state index contributed by atoms with van der Waals surface area (Å²) in [4.78, 5) is 11.9. The Hall–Kier alpha value is -1.52. The number of carbonyl (C=O) groups excluding carboxylic acids is 1. The molecule has 5 nitrogen and oxygen atoms in total. The SMILES string of the molecule is CC1CCCC1NC(=O)c1cnn(C)c1N. The van der Waals surface area contributed by atoms with Gasteiger partial charge in [-0.3, -0.25) is 9.48 Å². The number of amides is 1. The standard InChI is InChI=1S/C11H18N4O/c1-7-4-3-5-9(7)14-11(16)8-6-13-15(2)10(8)12/h6-7,9H,3-5,12H2,1-2H3,(H,14,16). The lowest BCUT2D eigenvalue weighted by Crippen LogP contribution is -2.36. The van der Waals surface area contributed by atoms with Crippen molar-refractivity contribution in [3.8, 4) is 0 Å². The van der Waals surface area contributed by atoms with Gasteiger partial charge >= 0.3 is 0 Å². The van der Waals surface area contributed by atoms with Gasteiger partial charge in [-0.05, 0) is 18.8 Å². The molecule has 2 atom stereocenters. The highest BCUT2D eigenvalue weighted by Crippen LogP contribution is 2.25. The Balaban J connectivity index is 2.06. The average Bonchev–Trinajstić information content (AvgIpc) is 2.77. The summed E-state index contributed by atoms with van der Waals surface area (Å²) in [6, 6.07) is 0.284. The van der Waals surface area contributed by atoms with Crippen molar-refractivity contribution in [2.75, 3.05) is 5.73 Å². The number of rotatable bonds is 2. The van der Waals surface area contributed by atoms with Gasteiger partial charge in [0.2, 0.25) is 0 Å². The number of aromatic nitrogens is 2. The molecule has 88 valence electrons. The summed E-state index contributed by atoms with van der Waals surface area (Å²) in [5.74, 6) is 0.870. The Morgan fingerprint density at radius 1 is 1.62 bits per heavy atom. The fraction of sp³-hybridized carbons (Fsp3) is 0.636. The first-order chi connectivity index (χ1) is 7.59. The lowest BCUT2D eigenvalue weighted by Gasteiger charge is -2.16. The van der Waals surface area contributed by atoms with Gasteiger partial charge in [0.25, 0.3) is 5.91 Å². The van der Waals surface area contributed by atoms with Gasteiger partial charge in [0.1, 0.15) is 11.4 Å². The molecule has 1 aromatic heterocycles. The molecule has 0 bridgehead atoms. The summed E-state index contributed by atoms with van der Waals surface area (Å²) in [5.41, 5.74) is 6.23. The molecule has 1 fully saturated rings. The zero-order valence-corrected chi connectivity index (χ0v) is 9.73. The smallest absolute Gasteiger partial charge is 0.256 e. The maximum atomic E-state index is 11.9. The van der Waals surface area contributed by atoms with Crippen molar-refractivity contribution in [3.63, 3.8) is 0 Å². The van der Waals surface area contributed by atoms with Crippen LogP contribution < -0.4 is 11.1 Å². The molecule has 5 heteroatoms. The lowest BCUT2D eigenvalue weighted by atomic mass is 10.1. The third-order valence-electron chi connectivity index (χ3n) is 3.41. The van der Waals surface area contributed by atoms with Crippen molar-refractivity contribution in [3.05, 3.63) is 11.8 Å². The molecule has 0 spiro atoms. The minimum atomic E-state index is -0.107.